The van der Waals surface area contributed by atoms with Crippen molar-refractivity contribution >= 4 is 45.0 Å². The van der Waals surface area contributed by atoms with E-state index in [1.807, 2.05) is 0 Å². The predicted octanol–water partition coefficient (Wildman–Crippen LogP) is 3.48. The van der Waals surface area contributed by atoms with E-state index < -0.39 is 23.9 Å². The van der Waals surface area contributed by atoms with E-state index in [0.717, 1.165) is 34.4 Å². The molecular formula is C25H27N3O6S. The maximum Gasteiger partial charge on any atom is 0.360 e. The van der Waals surface area contributed by atoms with Crippen molar-refractivity contribution < 1.29 is 23.9 Å². The summed E-state index contributed by atoms with van der Waals surface area (Å²) in [6.07, 6.45) is 1.36. The Hall–Kier alpha value is -3.53. The number of hydrogen-bond donors (Lipinski definition) is 1. The number of fused-ring (bicyclic) bond motifs is 2. The molecule has 1 N–H and O–H groups in total. The highest BCUT2D eigenvalue weighted by atomic mass is 32.1. The van der Waals surface area contributed by atoms with Gasteiger partial charge in [-0.2, -0.15) is 5.10 Å². The molecule has 1 aliphatic rings. The summed E-state index contributed by atoms with van der Waals surface area (Å²) in [6.45, 7) is 5.55. The molecule has 0 bridgehead atoms. The molecule has 2 atom stereocenters. The zero-order chi connectivity index (χ0) is 25.3. The molecule has 184 valence electrons. The Bertz CT molecular complexity index is 1380. The van der Waals surface area contributed by atoms with Crippen molar-refractivity contribution in [3.8, 4) is 0 Å². The van der Waals surface area contributed by atoms with E-state index in [4.69, 9.17) is 9.47 Å². The summed E-state index contributed by atoms with van der Waals surface area (Å²) in [5.41, 5.74) is 0.907. The second-order valence-electron chi connectivity index (χ2n) is 8.64. The van der Waals surface area contributed by atoms with Gasteiger partial charge in [-0.25, -0.2) is 14.3 Å². The van der Waals surface area contributed by atoms with Crippen molar-refractivity contribution in [3.63, 3.8) is 0 Å². The van der Waals surface area contributed by atoms with E-state index in [9.17, 15) is 19.2 Å². The first kappa shape index (κ1) is 24.6. The van der Waals surface area contributed by atoms with E-state index in [1.165, 1.54) is 25.3 Å². The standard InChI is InChI=1S/C25H27N3O6S/c1-5-33-24(31)19-17-11-10-13(2)12-18(17)35-22(19)26-21(29)14(3)34-25(32)20-15-8-6-7-9-16(15)23(30)28(4)27-20/h6-9,13-14H,5,10-12H2,1-4H3,(H,26,29). The second-order valence-corrected chi connectivity index (χ2v) is 9.74. The molecule has 0 saturated heterocycles. The van der Waals surface area contributed by atoms with E-state index in [1.54, 1.807) is 31.2 Å². The molecule has 0 spiro atoms. The van der Waals surface area contributed by atoms with Crippen molar-refractivity contribution in [1.29, 1.82) is 0 Å². The van der Waals surface area contributed by atoms with Gasteiger partial charge in [0.1, 0.15) is 5.00 Å². The molecule has 0 radical (unpaired) electrons. The van der Waals surface area contributed by atoms with Crippen LogP contribution < -0.4 is 10.9 Å². The largest absolute Gasteiger partial charge is 0.462 e. The van der Waals surface area contributed by atoms with Gasteiger partial charge in [0.25, 0.3) is 11.5 Å². The molecule has 35 heavy (non-hydrogen) atoms. The van der Waals surface area contributed by atoms with Crippen LogP contribution >= 0.6 is 11.3 Å². The first-order chi connectivity index (χ1) is 16.7. The third kappa shape index (κ3) is 4.84. The molecule has 0 fully saturated rings. The summed E-state index contributed by atoms with van der Waals surface area (Å²) in [5.74, 6) is -1.39. The zero-order valence-electron chi connectivity index (χ0n) is 20.0. The zero-order valence-corrected chi connectivity index (χ0v) is 20.9. The topological polar surface area (TPSA) is 117 Å². The number of esters is 2. The van der Waals surface area contributed by atoms with Crippen LogP contribution in [0.2, 0.25) is 0 Å². The number of aryl methyl sites for hydroxylation is 1. The number of ether oxygens (including phenoxy) is 2. The quantitative estimate of drug-likeness (QED) is 0.518. The Morgan fingerprint density at radius 3 is 2.66 bits per heavy atom. The van der Waals surface area contributed by atoms with E-state index in [2.05, 4.69) is 17.3 Å². The van der Waals surface area contributed by atoms with Gasteiger partial charge in [-0.3, -0.25) is 9.59 Å². The molecule has 9 nitrogen and oxygen atoms in total. The third-order valence-corrected chi connectivity index (χ3v) is 7.20. The summed E-state index contributed by atoms with van der Waals surface area (Å²) in [7, 11) is 1.44. The number of carbonyl (C=O) groups is 3. The molecule has 10 heteroatoms. The average molecular weight is 498 g/mol. The van der Waals surface area contributed by atoms with Gasteiger partial charge in [-0.15, -0.1) is 11.3 Å². The van der Waals surface area contributed by atoms with Crippen LogP contribution in [0.25, 0.3) is 10.8 Å². The predicted molar refractivity (Wildman–Crippen MR) is 132 cm³/mol. The number of nitrogens with zero attached hydrogens (tertiary/aromatic N) is 2. The van der Waals surface area contributed by atoms with Crippen LogP contribution in [0.4, 0.5) is 5.00 Å². The Balaban J connectivity index is 1.56. The van der Waals surface area contributed by atoms with Crippen LogP contribution in [0.3, 0.4) is 0 Å². The molecule has 0 saturated carbocycles. The van der Waals surface area contributed by atoms with Crippen LogP contribution in [0.1, 0.15) is 58.5 Å². The number of nitrogens with one attached hydrogen (secondary N) is 1. The minimum absolute atomic E-state index is 0.0601. The lowest BCUT2D eigenvalue weighted by Gasteiger charge is -2.18. The Morgan fingerprint density at radius 1 is 1.23 bits per heavy atom. The SMILES string of the molecule is CCOC(=O)c1c(NC(=O)C(C)OC(=O)c2nn(C)c(=O)c3ccccc23)sc2c1CCC(C)C2. The fourth-order valence-electron chi connectivity index (χ4n) is 4.19. The van der Waals surface area contributed by atoms with Gasteiger partial charge in [0.05, 0.1) is 17.6 Å². The number of amides is 1. The van der Waals surface area contributed by atoms with Gasteiger partial charge in [0, 0.05) is 17.3 Å². The van der Waals surface area contributed by atoms with Gasteiger partial charge in [0.2, 0.25) is 0 Å². The third-order valence-electron chi connectivity index (χ3n) is 6.03. The summed E-state index contributed by atoms with van der Waals surface area (Å²) in [5, 5.41) is 7.88. The van der Waals surface area contributed by atoms with Crippen LogP contribution in [0, 0.1) is 5.92 Å². The summed E-state index contributed by atoms with van der Waals surface area (Å²) >= 11 is 1.36. The minimum Gasteiger partial charge on any atom is -0.462 e. The first-order valence-corrected chi connectivity index (χ1v) is 12.3. The van der Waals surface area contributed by atoms with Gasteiger partial charge in [-0.05, 0) is 50.7 Å². The van der Waals surface area contributed by atoms with Crippen LogP contribution in [0.5, 0.6) is 0 Å². The first-order valence-electron chi connectivity index (χ1n) is 11.5. The number of benzene rings is 1. The number of hydrogen-bond acceptors (Lipinski definition) is 8. The summed E-state index contributed by atoms with van der Waals surface area (Å²) in [6, 6.07) is 6.58. The molecule has 4 rings (SSSR count). The van der Waals surface area contributed by atoms with Crippen molar-refractivity contribution in [3.05, 3.63) is 56.3 Å². The van der Waals surface area contributed by atoms with Crippen LogP contribution in [-0.4, -0.2) is 40.3 Å². The fourth-order valence-corrected chi connectivity index (χ4v) is 5.59. The average Bonchev–Trinajstić information content (AvgIpc) is 3.18. The lowest BCUT2D eigenvalue weighted by Crippen LogP contribution is -2.31. The Kier molecular flexibility index (Phi) is 7.02. The smallest absolute Gasteiger partial charge is 0.360 e. The van der Waals surface area contributed by atoms with E-state index in [-0.39, 0.29) is 17.9 Å². The number of carbonyl (C=O) groups excluding carboxylic acids is 3. The lowest BCUT2D eigenvalue weighted by atomic mass is 9.88. The van der Waals surface area contributed by atoms with Crippen molar-refractivity contribution in [2.24, 2.45) is 13.0 Å². The van der Waals surface area contributed by atoms with Gasteiger partial charge in [0.15, 0.2) is 11.8 Å². The second kappa shape index (κ2) is 9.99. The van der Waals surface area contributed by atoms with Crippen molar-refractivity contribution in [2.45, 2.75) is 46.1 Å². The molecule has 1 aromatic carbocycles. The van der Waals surface area contributed by atoms with Crippen molar-refractivity contribution in [2.75, 3.05) is 11.9 Å². The Labute approximate surface area is 206 Å². The molecule has 3 aromatic rings. The molecule has 2 aromatic heterocycles. The van der Waals surface area contributed by atoms with Gasteiger partial charge >= 0.3 is 11.9 Å². The summed E-state index contributed by atoms with van der Waals surface area (Å²) in [4.78, 5) is 51.9. The molecule has 1 amide bonds. The maximum absolute atomic E-state index is 13.0. The van der Waals surface area contributed by atoms with Crippen molar-refractivity contribution in [1.82, 2.24) is 9.78 Å². The molecular weight excluding hydrogens is 470 g/mol. The number of rotatable bonds is 6. The Morgan fingerprint density at radius 2 is 1.94 bits per heavy atom. The van der Waals surface area contributed by atoms with Crippen LogP contribution in [0.15, 0.2) is 29.1 Å². The highest BCUT2D eigenvalue weighted by Crippen LogP contribution is 2.40. The molecule has 2 unspecified atom stereocenters. The lowest BCUT2D eigenvalue weighted by molar-refractivity contribution is -0.123. The van der Waals surface area contributed by atoms with Gasteiger partial charge < -0.3 is 14.8 Å². The highest BCUT2D eigenvalue weighted by Gasteiger charge is 2.31. The molecule has 0 aliphatic heterocycles. The summed E-state index contributed by atoms with van der Waals surface area (Å²) < 4.78 is 11.7. The maximum atomic E-state index is 13.0. The monoisotopic (exact) mass is 497 g/mol. The number of thiophene rings is 1. The number of aromatic nitrogens is 2. The fraction of sp³-hybridized carbons (Fsp3) is 0.400. The van der Waals surface area contributed by atoms with E-state index in [0.29, 0.717) is 27.3 Å². The molecule has 2 heterocycles. The van der Waals surface area contributed by atoms with Crippen LogP contribution in [-0.2, 0) is 34.2 Å². The highest BCUT2D eigenvalue weighted by molar-refractivity contribution is 7.17. The number of anilines is 1. The minimum atomic E-state index is -1.17. The van der Waals surface area contributed by atoms with Gasteiger partial charge in [-0.1, -0.05) is 25.1 Å². The van der Waals surface area contributed by atoms with E-state index >= 15 is 0 Å². The normalized spacial score (nSPS) is 15.8. The molecule has 1 aliphatic carbocycles.